The number of hydrogen-bond donors (Lipinski definition) is 1. The zero-order valence-corrected chi connectivity index (χ0v) is 14.6. The minimum absolute atomic E-state index is 0.157. The molecule has 0 fully saturated rings. The van der Waals surface area contributed by atoms with Crippen molar-refractivity contribution in [3.05, 3.63) is 84.3 Å². The summed E-state index contributed by atoms with van der Waals surface area (Å²) in [5, 5.41) is 2.91. The van der Waals surface area contributed by atoms with E-state index >= 15 is 0 Å². The first-order valence-electron chi connectivity index (χ1n) is 8.66. The van der Waals surface area contributed by atoms with Gasteiger partial charge in [0.25, 0.3) is 5.91 Å². The number of carbonyl (C=O) groups excluding carboxylic acids is 1. The van der Waals surface area contributed by atoms with E-state index in [1.54, 1.807) is 37.2 Å². The normalized spacial score (nSPS) is 10.8. The lowest BCUT2D eigenvalue weighted by molar-refractivity contribution is 0.0954. The minimum atomic E-state index is -0.157. The Morgan fingerprint density at radius 1 is 1.00 bits per heavy atom. The second-order valence-corrected chi connectivity index (χ2v) is 6.17. The van der Waals surface area contributed by atoms with Gasteiger partial charge in [-0.2, -0.15) is 0 Å². The summed E-state index contributed by atoms with van der Waals surface area (Å²) >= 11 is 0. The fraction of sp³-hybridized carbons (Fsp3) is 0.150. The molecule has 4 aromatic heterocycles. The molecule has 4 aromatic rings. The lowest BCUT2D eigenvalue weighted by Gasteiger charge is -2.06. The summed E-state index contributed by atoms with van der Waals surface area (Å²) in [4.78, 5) is 29.4. The van der Waals surface area contributed by atoms with Crippen LogP contribution in [0.15, 0.2) is 67.6 Å². The molecule has 0 bridgehead atoms. The molecule has 0 aromatic carbocycles. The van der Waals surface area contributed by atoms with Crippen LogP contribution in [0.25, 0.3) is 11.2 Å². The van der Waals surface area contributed by atoms with Gasteiger partial charge in [-0.3, -0.25) is 14.8 Å². The fourth-order valence-corrected chi connectivity index (χ4v) is 2.85. The van der Waals surface area contributed by atoms with Gasteiger partial charge >= 0.3 is 0 Å². The zero-order chi connectivity index (χ0) is 18.5. The van der Waals surface area contributed by atoms with Crippen LogP contribution in [0.5, 0.6) is 0 Å². The molecule has 0 aliphatic heterocycles. The van der Waals surface area contributed by atoms with E-state index in [9.17, 15) is 4.79 Å². The van der Waals surface area contributed by atoms with Crippen molar-refractivity contribution in [2.24, 2.45) is 0 Å². The number of hydrogen-bond acceptors (Lipinski definition) is 5. The van der Waals surface area contributed by atoms with E-state index in [-0.39, 0.29) is 5.91 Å². The van der Waals surface area contributed by atoms with Crippen LogP contribution < -0.4 is 5.32 Å². The summed E-state index contributed by atoms with van der Waals surface area (Å²) in [6.45, 7) is 1.17. The lowest BCUT2D eigenvalue weighted by Crippen LogP contribution is -2.25. The number of nitrogens with zero attached hydrogens (tertiary/aromatic N) is 5. The number of fused-ring (bicyclic) bond motifs is 1. The number of imidazole rings is 1. The molecule has 0 atom stereocenters. The maximum atomic E-state index is 12.4. The van der Waals surface area contributed by atoms with Gasteiger partial charge in [0.05, 0.1) is 18.4 Å². The van der Waals surface area contributed by atoms with Crippen LogP contribution in [-0.2, 0) is 13.0 Å². The molecule has 0 radical (unpaired) electrons. The summed E-state index contributed by atoms with van der Waals surface area (Å²) in [6.07, 6.45) is 11.1. The number of nitrogens with one attached hydrogen (secondary N) is 1. The summed E-state index contributed by atoms with van der Waals surface area (Å²) in [6, 6.07) is 9.54. The number of rotatable bonds is 6. The molecular weight excluding hydrogens is 340 g/mol. The number of carbonyl (C=O) groups is 1. The lowest BCUT2D eigenvalue weighted by atomic mass is 10.2. The Bertz CT molecular complexity index is 1050. The molecule has 0 saturated heterocycles. The summed E-state index contributed by atoms with van der Waals surface area (Å²) < 4.78 is 1.94. The summed E-state index contributed by atoms with van der Waals surface area (Å²) in [5.41, 5.74) is 4.08. The predicted molar refractivity (Wildman–Crippen MR) is 101 cm³/mol. The molecule has 4 rings (SSSR count). The highest BCUT2D eigenvalue weighted by atomic mass is 16.1. The van der Waals surface area contributed by atoms with Crippen LogP contribution in [0.2, 0.25) is 0 Å². The molecular formula is C20H18N6O. The van der Waals surface area contributed by atoms with Crippen molar-refractivity contribution in [3.63, 3.8) is 0 Å². The van der Waals surface area contributed by atoms with Crippen molar-refractivity contribution in [1.29, 1.82) is 0 Å². The molecule has 7 heteroatoms. The van der Waals surface area contributed by atoms with Crippen LogP contribution in [0, 0.1) is 0 Å². The number of amides is 1. The average molecular weight is 358 g/mol. The highest BCUT2D eigenvalue weighted by molar-refractivity contribution is 5.96. The summed E-state index contributed by atoms with van der Waals surface area (Å²) in [5.74, 6) is -0.157. The first kappa shape index (κ1) is 16.8. The van der Waals surface area contributed by atoms with Gasteiger partial charge in [0.2, 0.25) is 0 Å². The van der Waals surface area contributed by atoms with Gasteiger partial charge in [0, 0.05) is 37.5 Å². The summed E-state index contributed by atoms with van der Waals surface area (Å²) in [7, 11) is 0. The van der Waals surface area contributed by atoms with Crippen molar-refractivity contribution in [2.75, 3.05) is 6.54 Å². The Hall–Kier alpha value is -3.61. The van der Waals surface area contributed by atoms with Crippen LogP contribution in [0.1, 0.15) is 21.5 Å². The molecule has 0 unspecified atom stereocenters. The molecule has 4 heterocycles. The van der Waals surface area contributed by atoms with Gasteiger partial charge in [-0.25, -0.2) is 9.97 Å². The van der Waals surface area contributed by atoms with Gasteiger partial charge in [0.1, 0.15) is 5.52 Å². The maximum Gasteiger partial charge on any atom is 0.252 e. The highest BCUT2D eigenvalue weighted by Gasteiger charge is 2.10. The van der Waals surface area contributed by atoms with E-state index in [1.165, 1.54) is 0 Å². The second kappa shape index (κ2) is 7.74. The Labute approximate surface area is 156 Å². The van der Waals surface area contributed by atoms with Crippen LogP contribution >= 0.6 is 0 Å². The Balaban J connectivity index is 1.43. The van der Waals surface area contributed by atoms with Crippen LogP contribution in [0.4, 0.5) is 0 Å². The SMILES string of the molecule is O=C(NCCc1cccnc1)c1cnc2c(c1)ncn2Cc1cccnc1. The van der Waals surface area contributed by atoms with E-state index in [4.69, 9.17) is 0 Å². The Morgan fingerprint density at radius 2 is 1.78 bits per heavy atom. The third kappa shape index (κ3) is 3.98. The first-order chi connectivity index (χ1) is 13.3. The molecule has 0 aliphatic carbocycles. The van der Waals surface area contributed by atoms with E-state index in [0.717, 1.165) is 23.2 Å². The zero-order valence-electron chi connectivity index (χ0n) is 14.6. The topological polar surface area (TPSA) is 85.6 Å². The third-order valence-electron chi connectivity index (χ3n) is 4.22. The maximum absolute atomic E-state index is 12.4. The fourth-order valence-electron chi connectivity index (χ4n) is 2.85. The van der Waals surface area contributed by atoms with Crippen molar-refractivity contribution < 1.29 is 4.79 Å². The van der Waals surface area contributed by atoms with Crippen molar-refractivity contribution >= 4 is 17.1 Å². The quantitative estimate of drug-likeness (QED) is 0.571. The Morgan fingerprint density at radius 3 is 2.52 bits per heavy atom. The van der Waals surface area contributed by atoms with Gasteiger partial charge in [-0.05, 0) is 35.7 Å². The van der Waals surface area contributed by atoms with Crippen LogP contribution in [0.3, 0.4) is 0 Å². The minimum Gasteiger partial charge on any atom is -0.352 e. The molecule has 0 aliphatic rings. The highest BCUT2D eigenvalue weighted by Crippen LogP contribution is 2.14. The Kier molecular flexibility index (Phi) is 4.82. The molecule has 0 spiro atoms. The number of aromatic nitrogens is 5. The van der Waals surface area contributed by atoms with Gasteiger partial charge in [-0.15, -0.1) is 0 Å². The van der Waals surface area contributed by atoms with Gasteiger partial charge in [-0.1, -0.05) is 12.1 Å². The standard InChI is InChI=1S/C20H18N6O/c27-20(23-8-5-15-3-1-6-21-10-15)17-9-18-19(24-12-17)26(14-25-18)13-16-4-2-7-22-11-16/h1-4,6-7,9-12,14H,5,8,13H2,(H,23,27). The first-order valence-corrected chi connectivity index (χ1v) is 8.66. The molecule has 1 N–H and O–H groups in total. The van der Waals surface area contributed by atoms with Gasteiger partial charge < -0.3 is 9.88 Å². The van der Waals surface area contributed by atoms with E-state index < -0.39 is 0 Å². The van der Waals surface area contributed by atoms with Crippen LogP contribution in [-0.4, -0.2) is 37.0 Å². The van der Waals surface area contributed by atoms with Gasteiger partial charge in [0.15, 0.2) is 5.65 Å². The van der Waals surface area contributed by atoms with E-state index in [1.807, 2.05) is 35.0 Å². The molecule has 134 valence electrons. The molecule has 27 heavy (non-hydrogen) atoms. The van der Waals surface area contributed by atoms with Crippen molar-refractivity contribution in [3.8, 4) is 0 Å². The predicted octanol–water partition coefficient (Wildman–Crippen LogP) is 2.24. The largest absolute Gasteiger partial charge is 0.352 e. The monoisotopic (exact) mass is 358 g/mol. The molecule has 7 nitrogen and oxygen atoms in total. The second-order valence-electron chi connectivity index (χ2n) is 6.17. The molecule has 0 saturated carbocycles. The average Bonchev–Trinajstić information content (AvgIpc) is 3.11. The van der Waals surface area contributed by atoms with Crippen molar-refractivity contribution in [1.82, 2.24) is 29.8 Å². The number of pyridine rings is 3. The smallest absolute Gasteiger partial charge is 0.252 e. The third-order valence-corrected chi connectivity index (χ3v) is 4.22. The van der Waals surface area contributed by atoms with E-state index in [2.05, 4.69) is 25.3 Å². The van der Waals surface area contributed by atoms with Crippen molar-refractivity contribution in [2.45, 2.75) is 13.0 Å². The van der Waals surface area contributed by atoms with E-state index in [0.29, 0.717) is 24.2 Å². The molecule has 1 amide bonds.